The fourth-order valence-corrected chi connectivity index (χ4v) is 2.22. The Morgan fingerprint density at radius 1 is 1.17 bits per heavy atom. The van der Waals surface area contributed by atoms with Crippen molar-refractivity contribution >= 4 is 11.8 Å². The summed E-state index contributed by atoms with van der Waals surface area (Å²) in [6.07, 6.45) is 1.52. The van der Waals surface area contributed by atoms with E-state index in [9.17, 15) is 18.4 Å². The van der Waals surface area contributed by atoms with E-state index in [1.54, 1.807) is 13.8 Å². The van der Waals surface area contributed by atoms with Crippen LogP contribution in [0.25, 0.3) is 0 Å². The topological polar surface area (TPSA) is 48.3 Å². The zero-order valence-corrected chi connectivity index (χ0v) is 13.1. The normalized spacial score (nSPS) is 10.9. The first-order chi connectivity index (χ1) is 10.8. The van der Waals surface area contributed by atoms with Crippen LogP contribution < -0.4 is 0 Å². The Kier molecular flexibility index (Phi) is 4.93. The number of halogens is 2. The molecule has 0 spiro atoms. The lowest BCUT2D eigenvalue weighted by Crippen LogP contribution is -2.10. The van der Waals surface area contributed by atoms with Gasteiger partial charge in [0.2, 0.25) is 0 Å². The SMILES string of the molecule is COC(=O)c1cc(C(=O)C(C)C)cn1Cc1ccc(F)c(F)c1. The quantitative estimate of drug-likeness (QED) is 0.626. The van der Waals surface area contributed by atoms with Gasteiger partial charge in [-0.3, -0.25) is 4.79 Å². The molecule has 0 amide bonds. The third kappa shape index (κ3) is 3.64. The number of ether oxygens (including phenoxy) is 1. The zero-order chi connectivity index (χ0) is 17.1. The Hall–Kier alpha value is -2.50. The Bertz CT molecular complexity index is 750. The number of methoxy groups -OCH3 is 1. The molecular weight excluding hydrogens is 304 g/mol. The molecule has 1 aromatic heterocycles. The smallest absolute Gasteiger partial charge is 0.354 e. The zero-order valence-electron chi connectivity index (χ0n) is 13.1. The number of carbonyl (C=O) groups is 2. The number of nitrogens with zero attached hydrogens (tertiary/aromatic N) is 1. The molecule has 23 heavy (non-hydrogen) atoms. The molecule has 1 heterocycles. The minimum Gasteiger partial charge on any atom is -0.464 e. The highest BCUT2D eigenvalue weighted by Crippen LogP contribution is 2.17. The minimum atomic E-state index is -0.965. The third-order valence-electron chi connectivity index (χ3n) is 3.44. The number of Topliss-reactive ketones (excluding diaryl/α,β-unsaturated/α-hetero) is 1. The summed E-state index contributed by atoms with van der Waals surface area (Å²) in [6, 6.07) is 4.95. The van der Waals surface area contributed by atoms with Crippen molar-refractivity contribution in [2.45, 2.75) is 20.4 Å². The van der Waals surface area contributed by atoms with Crippen LogP contribution in [0.15, 0.2) is 30.5 Å². The predicted octanol–water partition coefficient (Wildman–Crippen LogP) is 3.44. The number of benzene rings is 1. The van der Waals surface area contributed by atoms with Crippen LogP contribution in [0, 0.1) is 17.6 Å². The Labute approximate surface area is 132 Å². The maximum absolute atomic E-state index is 13.3. The van der Waals surface area contributed by atoms with Crippen molar-refractivity contribution in [1.82, 2.24) is 4.57 Å². The summed E-state index contributed by atoms with van der Waals surface area (Å²) in [7, 11) is 1.24. The molecule has 0 aliphatic heterocycles. The summed E-state index contributed by atoms with van der Waals surface area (Å²) in [4.78, 5) is 24.0. The first-order valence-corrected chi connectivity index (χ1v) is 7.10. The number of hydrogen-bond acceptors (Lipinski definition) is 3. The molecule has 1 aromatic carbocycles. The molecule has 0 fully saturated rings. The molecule has 0 aliphatic rings. The minimum absolute atomic E-state index is 0.112. The molecule has 0 aliphatic carbocycles. The molecule has 4 nitrogen and oxygen atoms in total. The van der Waals surface area contributed by atoms with Crippen molar-refractivity contribution in [3.8, 4) is 0 Å². The van der Waals surface area contributed by atoms with E-state index >= 15 is 0 Å². The molecule has 122 valence electrons. The number of hydrogen-bond donors (Lipinski definition) is 0. The average Bonchev–Trinajstić information content (AvgIpc) is 2.93. The lowest BCUT2D eigenvalue weighted by molar-refractivity contribution is 0.0589. The monoisotopic (exact) mass is 321 g/mol. The maximum atomic E-state index is 13.3. The lowest BCUT2D eigenvalue weighted by Gasteiger charge is -2.08. The Balaban J connectivity index is 2.40. The van der Waals surface area contributed by atoms with E-state index in [4.69, 9.17) is 4.74 Å². The number of rotatable bonds is 5. The van der Waals surface area contributed by atoms with E-state index in [1.807, 2.05) is 0 Å². The van der Waals surface area contributed by atoms with Gasteiger partial charge in [-0.15, -0.1) is 0 Å². The second-order valence-electron chi connectivity index (χ2n) is 5.50. The van der Waals surface area contributed by atoms with E-state index in [0.29, 0.717) is 11.1 Å². The highest BCUT2D eigenvalue weighted by atomic mass is 19.2. The van der Waals surface area contributed by atoms with Crippen LogP contribution in [0.5, 0.6) is 0 Å². The highest BCUT2D eigenvalue weighted by molar-refractivity contribution is 6.00. The van der Waals surface area contributed by atoms with Crippen LogP contribution in [-0.2, 0) is 11.3 Å². The van der Waals surface area contributed by atoms with Crippen molar-refractivity contribution in [3.63, 3.8) is 0 Å². The first-order valence-electron chi connectivity index (χ1n) is 7.10. The molecule has 2 aromatic rings. The van der Waals surface area contributed by atoms with Crippen molar-refractivity contribution < 1.29 is 23.1 Å². The largest absolute Gasteiger partial charge is 0.464 e. The molecule has 2 rings (SSSR count). The number of carbonyl (C=O) groups excluding carboxylic acids is 2. The molecule has 0 saturated heterocycles. The van der Waals surface area contributed by atoms with Gasteiger partial charge in [0.25, 0.3) is 0 Å². The summed E-state index contributed by atoms with van der Waals surface area (Å²) in [5, 5.41) is 0. The van der Waals surface area contributed by atoms with E-state index in [-0.39, 0.29) is 23.9 Å². The average molecular weight is 321 g/mol. The van der Waals surface area contributed by atoms with Gasteiger partial charge in [0.15, 0.2) is 17.4 Å². The maximum Gasteiger partial charge on any atom is 0.354 e. The van der Waals surface area contributed by atoms with E-state index in [1.165, 1.54) is 30.0 Å². The van der Waals surface area contributed by atoms with Crippen molar-refractivity contribution in [1.29, 1.82) is 0 Å². The van der Waals surface area contributed by atoms with Gasteiger partial charge in [0.05, 0.1) is 7.11 Å². The van der Waals surface area contributed by atoms with Crippen molar-refractivity contribution in [3.05, 3.63) is 58.9 Å². The van der Waals surface area contributed by atoms with E-state index in [0.717, 1.165) is 12.1 Å². The van der Waals surface area contributed by atoms with Gasteiger partial charge in [-0.05, 0) is 23.8 Å². The first kappa shape index (κ1) is 16.9. The van der Waals surface area contributed by atoms with Gasteiger partial charge in [0, 0.05) is 24.2 Å². The van der Waals surface area contributed by atoms with E-state index < -0.39 is 17.6 Å². The molecule has 0 radical (unpaired) electrons. The summed E-state index contributed by atoms with van der Waals surface area (Å²) < 4.78 is 32.5. The van der Waals surface area contributed by atoms with Crippen LogP contribution in [-0.4, -0.2) is 23.4 Å². The third-order valence-corrected chi connectivity index (χ3v) is 3.44. The molecule has 0 atom stereocenters. The fourth-order valence-electron chi connectivity index (χ4n) is 2.22. The molecule has 0 N–H and O–H groups in total. The highest BCUT2D eigenvalue weighted by Gasteiger charge is 2.20. The standard InChI is InChI=1S/C17H17F2NO3/c1-10(2)16(21)12-7-15(17(22)23-3)20(9-12)8-11-4-5-13(18)14(19)6-11/h4-7,9-10H,8H2,1-3H3. The van der Waals surface area contributed by atoms with Gasteiger partial charge in [-0.25, -0.2) is 13.6 Å². The van der Waals surface area contributed by atoms with Gasteiger partial charge in [0.1, 0.15) is 5.69 Å². The summed E-state index contributed by atoms with van der Waals surface area (Å²) in [5.74, 6) is -2.84. The van der Waals surface area contributed by atoms with Gasteiger partial charge in [-0.2, -0.15) is 0 Å². The summed E-state index contributed by atoms with van der Waals surface area (Å²) in [5.41, 5.74) is 1.03. The van der Waals surface area contributed by atoms with Crippen molar-refractivity contribution in [2.24, 2.45) is 5.92 Å². The van der Waals surface area contributed by atoms with Gasteiger partial charge >= 0.3 is 5.97 Å². The second-order valence-corrected chi connectivity index (χ2v) is 5.50. The number of aromatic nitrogens is 1. The van der Waals surface area contributed by atoms with Crippen LogP contribution >= 0.6 is 0 Å². The Morgan fingerprint density at radius 3 is 2.43 bits per heavy atom. The van der Waals surface area contributed by atoms with Gasteiger partial charge in [-0.1, -0.05) is 19.9 Å². The van der Waals surface area contributed by atoms with Crippen LogP contribution in [0.1, 0.15) is 40.3 Å². The number of esters is 1. The second kappa shape index (κ2) is 6.73. The Morgan fingerprint density at radius 2 is 1.87 bits per heavy atom. The molecular formula is C17H17F2NO3. The van der Waals surface area contributed by atoms with Crippen molar-refractivity contribution in [2.75, 3.05) is 7.11 Å². The summed E-state index contributed by atoms with van der Waals surface area (Å²) >= 11 is 0. The number of ketones is 1. The predicted molar refractivity (Wildman–Crippen MR) is 80.4 cm³/mol. The lowest BCUT2D eigenvalue weighted by atomic mass is 10.0. The fraction of sp³-hybridized carbons (Fsp3) is 0.294. The molecule has 6 heteroatoms. The van der Waals surface area contributed by atoms with E-state index in [2.05, 4.69) is 0 Å². The summed E-state index contributed by atoms with van der Waals surface area (Å²) in [6.45, 7) is 3.63. The molecule has 0 bridgehead atoms. The van der Waals surface area contributed by atoms with Crippen LogP contribution in [0.2, 0.25) is 0 Å². The van der Waals surface area contributed by atoms with Crippen LogP contribution in [0.3, 0.4) is 0 Å². The van der Waals surface area contributed by atoms with Crippen LogP contribution in [0.4, 0.5) is 8.78 Å². The molecule has 0 unspecified atom stereocenters. The molecule has 0 saturated carbocycles. The van der Waals surface area contributed by atoms with Gasteiger partial charge < -0.3 is 9.30 Å².